The van der Waals surface area contributed by atoms with Crippen molar-refractivity contribution in [2.45, 2.75) is 4.90 Å². The van der Waals surface area contributed by atoms with Gasteiger partial charge in [0.15, 0.2) is 0 Å². The van der Waals surface area contributed by atoms with Crippen LogP contribution in [0.2, 0.25) is 0 Å². The third kappa shape index (κ3) is 2.21. The number of carbonyl (C=O) groups is 1. The van der Waals surface area contributed by atoms with Crippen molar-refractivity contribution in [1.29, 1.82) is 0 Å². The van der Waals surface area contributed by atoms with Gasteiger partial charge in [0, 0.05) is 0 Å². The molecule has 0 fully saturated rings. The van der Waals surface area contributed by atoms with Crippen LogP contribution in [0.4, 0.5) is 0 Å². The van der Waals surface area contributed by atoms with E-state index in [4.69, 9.17) is 17.7 Å². The van der Waals surface area contributed by atoms with E-state index in [0.717, 1.165) is 4.35 Å². The molecular weight excluding hydrogens is 223 g/mol. The maximum absolute atomic E-state index is 10.5. The Morgan fingerprint density at radius 2 is 2.09 bits per heavy atom. The molecule has 1 atom stereocenters. The van der Waals surface area contributed by atoms with Gasteiger partial charge in [-0.15, -0.1) is 0 Å². The summed E-state index contributed by atoms with van der Waals surface area (Å²) in [5.74, 6) is -0.921. The molecule has 1 N–H and O–H groups in total. The molecule has 11 heavy (non-hydrogen) atoms. The first-order valence-corrected chi connectivity index (χ1v) is 4.52. The van der Waals surface area contributed by atoms with Crippen molar-refractivity contribution >= 4 is 39.8 Å². The molecule has 0 saturated heterocycles. The van der Waals surface area contributed by atoms with Gasteiger partial charge in [0.05, 0.1) is 0 Å². The van der Waals surface area contributed by atoms with Crippen molar-refractivity contribution in [3.63, 3.8) is 0 Å². The fraction of sp³-hybridized carbons (Fsp3) is 0. The van der Waals surface area contributed by atoms with Gasteiger partial charge in [-0.3, -0.25) is 0 Å². The number of benzene rings is 1. The fourth-order valence-corrected chi connectivity index (χ4v) is 2.02. The normalized spacial score (nSPS) is 9.55. The van der Waals surface area contributed by atoms with E-state index >= 15 is 0 Å². The first-order valence-electron chi connectivity index (χ1n) is 2.90. The zero-order valence-electron chi connectivity index (χ0n) is 5.57. The van der Waals surface area contributed by atoms with Crippen molar-refractivity contribution in [3.8, 4) is 0 Å². The predicted molar refractivity (Wildman–Crippen MR) is 47.4 cm³/mol. The van der Waals surface area contributed by atoms with Gasteiger partial charge in [-0.05, 0) is 0 Å². The predicted octanol–water partition coefficient (Wildman–Crippen LogP) is 0.200. The molecule has 0 aliphatic rings. The number of hydrogen-bond acceptors (Lipinski definition) is 1. The first-order chi connectivity index (χ1) is 5.09. The van der Waals surface area contributed by atoms with Crippen LogP contribution < -0.4 is 4.35 Å². The molecule has 1 aromatic rings. The minimum absolute atomic E-state index is 0.275. The molecule has 2 nitrogen and oxygen atoms in total. The zero-order chi connectivity index (χ0) is 8.43. The Balaban J connectivity index is 3.19. The van der Waals surface area contributed by atoms with Crippen molar-refractivity contribution < 1.29 is 9.90 Å². The number of hydrogen-bond donors (Lipinski definition) is 1. The Labute approximate surface area is 78.5 Å². The van der Waals surface area contributed by atoms with Crippen molar-refractivity contribution in [3.05, 3.63) is 23.8 Å². The van der Waals surface area contributed by atoms with Gasteiger partial charge in [-0.25, -0.2) is 0 Å². The van der Waals surface area contributed by atoms with E-state index in [1.807, 2.05) is 0 Å². The first kappa shape index (κ1) is 8.56. The van der Waals surface area contributed by atoms with E-state index in [9.17, 15) is 4.79 Å². The van der Waals surface area contributed by atoms with Gasteiger partial charge in [0.25, 0.3) is 0 Å². The topological polar surface area (TPSA) is 37.3 Å². The maximum atomic E-state index is 10.5. The van der Waals surface area contributed by atoms with Gasteiger partial charge in [-0.1, -0.05) is 0 Å². The van der Waals surface area contributed by atoms with Gasteiger partial charge in [0.2, 0.25) is 0 Å². The summed E-state index contributed by atoms with van der Waals surface area (Å²) in [6, 6.07) is 4.90. The van der Waals surface area contributed by atoms with E-state index in [-0.39, 0.29) is 5.56 Å². The van der Waals surface area contributed by atoms with E-state index in [1.54, 1.807) is 12.1 Å². The fourth-order valence-electron chi connectivity index (χ4n) is 0.746. The minimum atomic E-state index is -0.921. The van der Waals surface area contributed by atoms with E-state index < -0.39 is 5.97 Å². The van der Waals surface area contributed by atoms with Crippen LogP contribution in [-0.4, -0.2) is 27.9 Å². The van der Waals surface area contributed by atoms with Crippen LogP contribution in [-0.2, 0) is 0 Å². The third-order valence-corrected chi connectivity index (χ3v) is 2.11. The zero-order valence-corrected chi connectivity index (χ0v) is 8.81. The third-order valence-electron chi connectivity index (χ3n) is 1.18. The van der Waals surface area contributed by atoms with Crippen LogP contribution in [0, 0.1) is 0 Å². The second kappa shape index (κ2) is 3.24. The number of carboxylic acid groups (broad SMARTS) is 1. The Morgan fingerprint density at radius 1 is 1.45 bits per heavy atom. The summed E-state index contributed by atoms with van der Waals surface area (Å²) in [6.07, 6.45) is 0. The molecule has 1 aromatic carbocycles. The average molecular weight is 229 g/mol. The monoisotopic (exact) mass is 229 g/mol. The Kier molecular flexibility index (Phi) is 2.53. The molecule has 0 aliphatic carbocycles. The summed E-state index contributed by atoms with van der Waals surface area (Å²) in [4.78, 5) is 11.1. The van der Waals surface area contributed by atoms with Crippen LogP contribution in [0.25, 0.3) is 0 Å². The number of carboxylic acids is 1. The molecule has 0 spiro atoms. The molecule has 1 unspecified atom stereocenters. The summed E-state index contributed by atoms with van der Waals surface area (Å²) >= 11 is 6.23. The van der Waals surface area contributed by atoms with Gasteiger partial charge in [-0.2, -0.15) is 0 Å². The van der Waals surface area contributed by atoms with E-state index in [2.05, 4.69) is 0 Å². The molecule has 0 amide bonds. The molecule has 0 saturated carbocycles. The van der Waals surface area contributed by atoms with Gasteiger partial charge in [0.1, 0.15) is 0 Å². The van der Waals surface area contributed by atoms with E-state index in [1.165, 1.54) is 22.9 Å². The Morgan fingerprint density at radius 3 is 2.55 bits per heavy atom. The average Bonchev–Trinajstić information content (AvgIpc) is 1.85. The quantitative estimate of drug-likeness (QED) is 0.698. The molecule has 0 heterocycles. The van der Waals surface area contributed by atoms with Crippen molar-refractivity contribution in [1.82, 2.24) is 0 Å². The summed E-state index contributed by atoms with van der Waals surface area (Å²) < 4.78 is 0.947. The molecule has 0 bridgehead atoms. The molecule has 0 aromatic heterocycles. The molecule has 4 heteroatoms. The summed E-state index contributed by atoms with van der Waals surface area (Å²) in [5.41, 5.74) is 0.275. The van der Waals surface area contributed by atoms with Crippen LogP contribution in [0.1, 0.15) is 10.4 Å². The van der Waals surface area contributed by atoms with Crippen molar-refractivity contribution in [2.75, 3.05) is 0 Å². The van der Waals surface area contributed by atoms with Gasteiger partial charge < -0.3 is 0 Å². The summed E-state index contributed by atoms with van der Waals surface area (Å²) in [7, 11) is 0. The Hall–Kier alpha value is -0.532. The molecule has 0 aliphatic heterocycles. The second-order valence-electron chi connectivity index (χ2n) is 2.10. The molecular formula is C7H6AsO2S. The van der Waals surface area contributed by atoms with Crippen molar-refractivity contribution in [2.24, 2.45) is 0 Å². The second-order valence-corrected chi connectivity index (χ2v) is 3.97. The standard InChI is InChI=1S/C7H6AsO2S/c8-5-1-4(7(9)10)2-6(11)3-5/h1-3H,8H2,(H,9,10). The Bertz CT molecular complexity index is 278. The van der Waals surface area contributed by atoms with Crippen LogP contribution in [0.3, 0.4) is 0 Å². The van der Waals surface area contributed by atoms with Gasteiger partial charge >= 0.3 is 78.4 Å². The molecule has 1 rings (SSSR count). The SMILES string of the molecule is O=C(O)c1cc([S])cc([AsH2])c1. The molecule has 1 radical (unpaired) electrons. The summed E-state index contributed by atoms with van der Waals surface area (Å²) in [6.45, 7) is 0. The number of rotatable bonds is 1. The number of aromatic carboxylic acids is 1. The van der Waals surface area contributed by atoms with E-state index in [0.29, 0.717) is 4.90 Å². The summed E-state index contributed by atoms with van der Waals surface area (Å²) in [5, 5.41) is 8.59. The van der Waals surface area contributed by atoms with Crippen LogP contribution in [0.15, 0.2) is 23.1 Å². The van der Waals surface area contributed by atoms with Crippen LogP contribution in [0.5, 0.6) is 0 Å². The molecule has 57 valence electrons. The van der Waals surface area contributed by atoms with Crippen LogP contribution >= 0.6 is 12.6 Å².